The monoisotopic (exact) mass is 305 g/mol. The Hall–Kier alpha value is -1.19. The molecule has 21 heavy (non-hydrogen) atoms. The van der Waals surface area contributed by atoms with Gasteiger partial charge in [0.05, 0.1) is 0 Å². The van der Waals surface area contributed by atoms with Gasteiger partial charge in [0.2, 0.25) is 0 Å². The lowest BCUT2D eigenvalue weighted by Gasteiger charge is -2.20. The van der Waals surface area contributed by atoms with Gasteiger partial charge in [-0.2, -0.15) is 0 Å². The van der Waals surface area contributed by atoms with Gasteiger partial charge in [-0.15, -0.1) is 11.3 Å². The van der Waals surface area contributed by atoms with E-state index in [1.807, 2.05) is 25.1 Å². The first-order valence-corrected chi connectivity index (χ1v) is 8.44. The molecule has 0 radical (unpaired) electrons. The van der Waals surface area contributed by atoms with Crippen LogP contribution in [0.15, 0.2) is 30.3 Å². The number of thiophene rings is 1. The van der Waals surface area contributed by atoms with Crippen LogP contribution in [0.5, 0.6) is 0 Å². The smallest absolute Gasteiger partial charge is 0.132 e. The molecule has 0 saturated heterocycles. The van der Waals surface area contributed by atoms with E-state index in [1.165, 1.54) is 4.88 Å². The summed E-state index contributed by atoms with van der Waals surface area (Å²) in [6.45, 7) is 9.54. The van der Waals surface area contributed by atoms with Gasteiger partial charge in [0.25, 0.3) is 0 Å². The molecule has 0 saturated carbocycles. The van der Waals surface area contributed by atoms with Gasteiger partial charge in [0.1, 0.15) is 5.82 Å². The van der Waals surface area contributed by atoms with E-state index < -0.39 is 0 Å². The minimum Gasteiger partial charge on any atom is -0.309 e. The third kappa shape index (κ3) is 3.92. The average molecular weight is 305 g/mol. The fourth-order valence-corrected chi connectivity index (χ4v) is 3.73. The van der Waals surface area contributed by atoms with E-state index in [-0.39, 0.29) is 5.82 Å². The van der Waals surface area contributed by atoms with E-state index in [0.717, 1.165) is 23.4 Å². The fraction of sp³-hybridized carbons (Fsp3) is 0.444. The molecule has 1 nitrogen and oxygen atoms in total. The first kappa shape index (κ1) is 16.2. The first-order valence-electron chi connectivity index (χ1n) is 7.62. The van der Waals surface area contributed by atoms with Gasteiger partial charge in [-0.25, -0.2) is 4.39 Å². The number of hydrogen-bond acceptors (Lipinski definition) is 2. The molecule has 3 heteroatoms. The van der Waals surface area contributed by atoms with Gasteiger partial charge in [0, 0.05) is 21.4 Å². The van der Waals surface area contributed by atoms with Gasteiger partial charge in [-0.05, 0) is 49.6 Å². The molecule has 2 rings (SSSR count). The number of hydrogen-bond donors (Lipinski definition) is 1. The van der Waals surface area contributed by atoms with Crippen molar-refractivity contribution in [1.29, 1.82) is 0 Å². The van der Waals surface area contributed by atoms with Gasteiger partial charge in [-0.1, -0.05) is 32.9 Å². The highest BCUT2D eigenvalue weighted by atomic mass is 32.1. The van der Waals surface area contributed by atoms with Crippen LogP contribution < -0.4 is 5.32 Å². The molecule has 0 spiro atoms. The second kappa shape index (κ2) is 7.19. The minimum absolute atomic E-state index is 0.133. The Kier molecular flexibility index (Phi) is 5.54. The molecule has 1 atom stereocenters. The van der Waals surface area contributed by atoms with E-state index in [2.05, 4.69) is 32.2 Å². The molecule has 1 heterocycles. The summed E-state index contributed by atoms with van der Waals surface area (Å²) in [5.41, 5.74) is 1.66. The SMILES string of the molecule is CCCNC(c1ccc(-c2ccc(C)cc2F)s1)C(C)C. The quantitative estimate of drug-likeness (QED) is 0.736. The van der Waals surface area contributed by atoms with Crippen molar-refractivity contribution in [1.82, 2.24) is 5.32 Å². The van der Waals surface area contributed by atoms with E-state index >= 15 is 0 Å². The fourth-order valence-electron chi connectivity index (χ4n) is 2.45. The second-order valence-electron chi connectivity index (χ2n) is 5.86. The van der Waals surface area contributed by atoms with Gasteiger partial charge in [-0.3, -0.25) is 0 Å². The molecule has 1 aromatic heterocycles. The Morgan fingerprint density at radius 1 is 1.19 bits per heavy atom. The maximum atomic E-state index is 14.1. The Labute approximate surface area is 131 Å². The highest BCUT2D eigenvalue weighted by molar-refractivity contribution is 7.15. The summed E-state index contributed by atoms with van der Waals surface area (Å²) in [4.78, 5) is 2.29. The van der Waals surface area contributed by atoms with Crippen molar-refractivity contribution < 1.29 is 4.39 Å². The van der Waals surface area contributed by atoms with Crippen LogP contribution in [0, 0.1) is 18.7 Å². The summed E-state index contributed by atoms with van der Waals surface area (Å²) < 4.78 is 14.1. The molecular formula is C18H24FNS. The summed E-state index contributed by atoms with van der Waals surface area (Å²) in [6.07, 6.45) is 1.12. The van der Waals surface area contributed by atoms with Gasteiger partial charge >= 0.3 is 0 Å². The molecule has 1 aromatic carbocycles. The van der Waals surface area contributed by atoms with Crippen molar-refractivity contribution in [2.75, 3.05) is 6.54 Å². The molecule has 0 aliphatic heterocycles. The summed E-state index contributed by atoms with van der Waals surface area (Å²) in [5.74, 6) is 0.386. The molecule has 1 unspecified atom stereocenters. The molecule has 0 bridgehead atoms. The van der Waals surface area contributed by atoms with Crippen molar-refractivity contribution in [2.24, 2.45) is 5.92 Å². The van der Waals surface area contributed by atoms with Gasteiger partial charge < -0.3 is 5.32 Å². The van der Waals surface area contributed by atoms with Crippen LogP contribution in [0.4, 0.5) is 4.39 Å². The van der Waals surface area contributed by atoms with Crippen LogP contribution in [0.1, 0.15) is 43.7 Å². The van der Waals surface area contributed by atoms with E-state index in [0.29, 0.717) is 17.5 Å². The number of halogens is 1. The topological polar surface area (TPSA) is 12.0 Å². The largest absolute Gasteiger partial charge is 0.309 e. The Morgan fingerprint density at radius 3 is 2.57 bits per heavy atom. The number of nitrogens with one attached hydrogen (secondary N) is 1. The van der Waals surface area contributed by atoms with Crippen molar-refractivity contribution >= 4 is 11.3 Å². The molecular weight excluding hydrogens is 281 g/mol. The van der Waals surface area contributed by atoms with E-state index in [4.69, 9.17) is 0 Å². The highest BCUT2D eigenvalue weighted by Gasteiger charge is 2.18. The van der Waals surface area contributed by atoms with Crippen LogP contribution >= 0.6 is 11.3 Å². The number of aryl methyl sites for hydroxylation is 1. The van der Waals surface area contributed by atoms with Crippen LogP contribution in [0.3, 0.4) is 0 Å². The first-order chi connectivity index (χ1) is 10.0. The lowest BCUT2D eigenvalue weighted by atomic mass is 10.0. The van der Waals surface area contributed by atoms with Crippen LogP contribution in [0.25, 0.3) is 10.4 Å². The Morgan fingerprint density at radius 2 is 1.95 bits per heavy atom. The van der Waals surface area contributed by atoms with Gasteiger partial charge in [0.15, 0.2) is 0 Å². The summed E-state index contributed by atoms with van der Waals surface area (Å²) in [7, 11) is 0. The van der Waals surface area contributed by atoms with Crippen molar-refractivity contribution in [3.8, 4) is 10.4 Å². The summed E-state index contributed by atoms with van der Waals surface area (Å²) in [6, 6.07) is 9.96. The maximum Gasteiger partial charge on any atom is 0.132 e. The molecule has 2 aromatic rings. The van der Waals surface area contributed by atoms with Crippen LogP contribution in [-0.2, 0) is 0 Å². The molecule has 1 N–H and O–H groups in total. The van der Waals surface area contributed by atoms with E-state index in [1.54, 1.807) is 17.4 Å². The van der Waals surface area contributed by atoms with Crippen molar-refractivity contribution in [3.63, 3.8) is 0 Å². The summed E-state index contributed by atoms with van der Waals surface area (Å²) in [5, 5.41) is 3.59. The second-order valence-corrected chi connectivity index (χ2v) is 6.98. The zero-order valence-corrected chi connectivity index (χ0v) is 14.1. The third-order valence-corrected chi connectivity index (χ3v) is 4.81. The molecule has 0 aliphatic carbocycles. The summed E-state index contributed by atoms with van der Waals surface area (Å²) >= 11 is 1.69. The lowest BCUT2D eigenvalue weighted by molar-refractivity contribution is 0.418. The molecule has 0 aliphatic rings. The number of rotatable bonds is 6. The van der Waals surface area contributed by atoms with Crippen molar-refractivity contribution in [3.05, 3.63) is 46.6 Å². The highest BCUT2D eigenvalue weighted by Crippen LogP contribution is 2.35. The van der Waals surface area contributed by atoms with Crippen molar-refractivity contribution in [2.45, 2.75) is 40.2 Å². The zero-order valence-electron chi connectivity index (χ0n) is 13.2. The average Bonchev–Trinajstić information content (AvgIpc) is 2.88. The Bertz CT molecular complexity index is 589. The lowest BCUT2D eigenvalue weighted by Crippen LogP contribution is -2.25. The molecule has 0 fully saturated rings. The molecule has 0 amide bonds. The standard InChI is InChI=1S/C18H24FNS/c1-5-10-20-18(12(2)3)17-9-8-16(21-17)14-7-6-13(4)11-15(14)19/h6-9,11-12,18,20H,5,10H2,1-4H3. The normalized spacial score (nSPS) is 12.9. The predicted octanol–water partition coefficient (Wildman–Crippen LogP) is 5.56. The predicted molar refractivity (Wildman–Crippen MR) is 90.3 cm³/mol. The van der Waals surface area contributed by atoms with Crippen LogP contribution in [-0.4, -0.2) is 6.54 Å². The van der Waals surface area contributed by atoms with Crippen LogP contribution in [0.2, 0.25) is 0 Å². The maximum absolute atomic E-state index is 14.1. The number of benzene rings is 1. The molecule has 114 valence electrons. The zero-order chi connectivity index (χ0) is 15.4. The van der Waals surface area contributed by atoms with E-state index in [9.17, 15) is 4.39 Å². The third-order valence-electron chi connectivity index (χ3n) is 3.60. The minimum atomic E-state index is -0.133. The Balaban J connectivity index is 2.27.